The number of fused-ring (bicyclic) bond motifs is 1. The smallest absolute Gasteiger partial charge is 0.194 e. The van der Waals surface area contributed by atoms with Crippen molar-refractivity contribution in [2.24, 2.45) is 4.99 Å². The molecular weight excluding hydrogens is 361 g/mol. The van der Waals surface area contributed by atoms with Crippen LogP contribution in [-0.4, -0.2) is 30.5 Å². The molecule has 1 heterocycles. The molecule has 0 bridgehead atoms. The summed E-state index contributed by atoms with van der Waals surface area (Å²) >= 11 is 0. The zero-order valence-electron chi connectivity index (χ0n) is 11.8. The van der Waals surface area contributed by atoms with Crippen LogP contribution in [0.4, 0.5) is 0 Å². The van der Waals surface area contributed by atoms with Crippen LogP contribution >= 0.6 is 24.0 Å². The number of likely N-dealkylation sites (N-methyl/N-ethyl adjacent to an activating group) is 1. The normalized spacial score (nSPS) is 17.8. The van der Waals surface area contributed by atoms with Crippen molar-refractivity contribution in [3.63, 3.8) is 0 Å². The van der Waals surface area contributed by atoms with Gasteiger partial charge in [-0.2, -0.15) is 0 Å². The molecule has 1 aliphatic heterocycles. The standard InChI is InChI=1S/C16H19N3.HI/c1-12-10-17-16(19(12)2)18-11-13-7-8-14-5-3-4-6-15(14)9-13;/h3-9,12H,10-11H2,1-2H3,(H,17,18);1H. The van der Waals surface area contributed by atoms with Crippen LogP contribution in [0.5, 0.6) is 0 Å². The Morgan fingerprint density at radius 2 is 1.95 bits per heavy atom. The summed E-state index contributed by atoms with van der Waals surface area (Å²) in [4.78, 5) is 6.70. The Hall–Kier alpha value is -1.30. The first kappa shape index (κ1) is 15.1. The highest BCUT2D eigenvalue weighted by molar-refractivity contribution is 14.0. The monoisotopic (exact) mass is 381 g/mol. The van der Waals surface area contributed by atoms with Crippen molar-refractivity contribution >= 4 is 40.7 Å². The number of nitrogens with zero attached hydrogens (tertiary/aromatic N) is 2. The number of aliphatic imine (C=N–C) groups is 1. The van der Waals surface area contributed by atoms with Gasteiger partial charge in [0.15, 0.2) is 5.96 Å². The van der Waals surface area contributed by atoms with Crippen molar-refractivity contribution in [1.82, 2.24) is 10.2 Å². The van der Waals surface area contributed by atoms with Crippen molar-refractivity contribution in [3.8, 4) is 0 Å². The SMILES string of the molecule is CC1CN=C(NCc2ccc3ccccc3c2)N1C.I. The lowest BCUT2D eigenvalue weighted by molar-refractivity contribution is 0.420. The first-order chi connectivity index (χ1) is 9.24. The van der Waals surface area contributed by atoms with Crippen LogP contribution in [0.2, 0.25) is 0 Å². The van der Waals surface area contributed by atoms with Gasteiger partial charge in [-0.3, -0.25) is 4.99 Å². The van der Waals surface area contributed by atoms with Crippen LogP contribution in [0, 0.1) is 0 Å². The molecule has 0 aromatic heterocycles. The molecule has 3 rings (SSSR count). The largest absolute Gasteiger partial charge is 0.352 e. The van der Waals surface area contributed by atoms with E-state index in [1.54, 1.807) is 0 Å². The molecule has 0 spiro atoms. The number of hydrogen-bond donors (Lipinski definition) is 1. The number of halogens is 1. The van der Waals surface area contributed by atoms with E-state index in [1.165, 1.54) is 16.3 Å². The summed E-state index contributed by atoms with van der Waals surface area (Å²) < 4.78 is 0. The summed E-state index contributed by atoms with van der Waals surface area (Å²) in [5, 5.41) is 5.99. The van der Waals surface area contributed by atoms with Gasteiger partial charge in [0, 0.05) is 19.6 Å². The fraction of sp³-hybridized carbons (Fsp3) is 0.312. The maximum absolute atomic E-state index is 4.51. The van der Waals surface area contributed by atoms with Gasteiger partial charge in [0.25, 0.3) is 0 Å². The van der Waals surface area contributed by atoms with E-state index in [1.807, 2.05) is 0 Å². The number of hydrogen-bond acceptors (Lipinski definition) is 3. The van der Waals surface area contributed by atoms with Gasteiger partial charge in [-0.15, -0.1) is 24.0 Å². The Balaban J connectivity index is 0.00000147. The molecule has 0 aliphatic carbocycles. The summed E-state index contributed by atoms with van der Waals surface area (Å²) in [5.41, 5.74) is 1.29. The Bertz CT molecular complexity index is 624. The van der Waals surface area contributed by atoms with E-state index in [9.17, 15) is 0 Å². The van der Waals surface area contributed by atoms with Gasteiger partial charge < -0.3 is 10.2 Å². The van der Waals surface area contributed by atoms with Crippen LogP contribution in [0.1, 0.15) is 12.5 Å². The molecule has 0 fully saturated rings. The fourth-order valence-corrected chi connectivity index (χ4v) is 2.37. The van der Waals surface area contributed by atoms with E-state index in [2.05, 4.69) is 71.6 Å². The summed E-state index contributed by atoms with van der Waals surface area (Å²) in [6.07, 6.45) is 0. The van der Waals surface area contributed by atoms with Crippen molar-refractivity contribution in [2.45, 2.75) is 19.5 Å². The lowest BCUT2D eigenvalue weighted by Crippen LogP contribution is -2.39. The highest BCUT2D eigenvalue weighted by Gasteiger charge is 2.19. The summed E-state index contributed by atoms with van der Waals surface area (Å²) in [5.74, 6) is 1.00. The lowest BCUT2D eigenvalue weighted by atomic mass is 10.1. The van der Waals surface area contributed by atoms with Crippen LogP contribution in [0.3, 0.4) is 0 Å². The topological polar surface area (TPSA) is 27.6 Å². The maximum Gasteiger partial charge on any atom is 0.194 e. The van der Waals surface area contributed by atoms with Crippen molar-refractivity contribution < 1.29 is 0 Å². The van der Waals surface area contributed by atoms with E-state index < -0.39 is 0 Å². The lowest BCUT2D eigenvalue weighted by Gasteiger charge is -2.20. The molecule has 106 valence electrons. The Morgan fingerprint density at radius 1 is 1.20 bits per heavy atom. The third kappa shape index (κ3) is 3.06. The molecule has 1 atom stereocenters. The van der Waals surface area contributed by atoms with Gasteiger partial charge in [-0.25, -0.2) is 0 Å². The maximum atomic E-state index is 4.51. The second kappa shape index (κ2) is 6.43. The number of guanidine groups is 1. The van der Waals surface area contributed by atoms with E-state index >= 15 is 0 Å². The Kier molecular flexibility index (Phi) is 4.86. The summed E-state index contributed by atoms with van der Waals surface area (Å²) in [6, 6.07) is 15.5. The van der Waals surface area contributed by atoms with Crippen molar-refractivity contribution in [3.05, 3.63) is 48.0 Å². The van der Waals surface area contributed by atoms with E-state index in [4.69, 9.17) is 0 Å². The van der Waals surface area contributed by atoms with Crippen LogP contribution < -0.4 is 5.32 Å². The molecule has 1 unspecified atom stereocenters. The fourth-order valence-electron chi connectivity index (χ4n) is 2.37. The summed E-state index contributed by atoms with van der Waals surface area (Å²) in [7, 11) is 2.09. The molecule has 3 nitrogen and oxygen atoms in total. The minimum atomic E-state index is 0. The van der Waals surface area contributed by atoms with Crippen LogP contribution in [0.25, 0.3) is 10.8 Å². The number of rotatable bonds is 2. The molecular formula is C16H20IN3. The average molecular weight is 381 g/mol. The van der Waals surface area contributed by atoms with Crippen LogP contribution in [0.15, 0.2) is 47.5 Å². The molecule has 0 radical (unpaired) electrons. The third-order valence-electron chi connectivity index (χ3n) is 3.77. The number of benzene rings is 2. The van der Waals surface area contributed by atoms with Gasteiger partial charge in [0.05, 0.1) is 6.54 Å². The summed E-state index contributed by atoms with van der Waals surface area (Å²) in [6.45, 7) is 3.89. The minimum Gasteiger partial charge on any atom is -0.352 e. The second-order valence-corrected chi connectivity index (χ2v) is 5.16. The molecule has 2 aromatic carbocycles. The predicted molar refractivity (Wildman–Crippen MR) is 95.7 cm³/mol. The third-order valence-corrected chi connectivity index (χ3v) is 3.77. The van der Waals surface area contributed by atoms with Gasteiger partial charge in [0.1, 0.15) is 0 Å². The molecule has 0 saturated carbocycles. The zero-order valence-corrected chi connectivity index (χ0v) is 14.2. The Morgan fingerprint density at radius 3 is 2.65 bits per heavy atom. The first-order valence-electron chi connectivity index (χ1n) is 6.73. The van der Waals surface area contributed by atoms with Crippen molar-refractivity contribution in [2.75, 3.05) is 13.6 Å². The quantitative estimate of drug-likeness (QED) is 0.809. The molecule has 20 heavy (non-hydrogen) atoms. The highest BCUT2D eigenvalue weighted by Crippen LogP contribution is 2.15. The van der Waals surface area contributed by atoms with Gasteiger partial charge in [-0.05, 0) is 29.3 Å². The van der Waals surface area contributed by atoms with E-state index in [0.29, 0.717) is 6.04 Å². The molecule has 1 N–H and O–H groups in total. The molecule has 4 heteroatoms. The molecule has 2 aromatic rings. The van der Waals surface area contributed by atoms with Crippen LogP contribution in [-0.2, 0) is 6.54 Å². The highest BCUT2D eigenvalue weighted by atomic mass is 127. The van der Waals surface area contributed by atoms with Gasteiger partial charge in [0.2, 0.25) is 0 Å². The van der Waals surface area contributed by atoms with Gasteiger partial charge >= 0.3 is 0 Å². The van der Waals surface area contributed by atoms with Gasteiger partial charge in [-0.1, -0.05) is 36.4 Å². The molecule has 1 aliphatic rings. The molecule has 0 saturated heterocycles. The zero-order chi connectivity index (χ0) is 13.2. The van der Waals surface area contributed by atoms with E-state index in [0.717, 1.165) is 19.0 Å². The Labute approximate surface area is 137 Å². The first-order valence-corrected chi connectivity index (χ1v) is 6.73. The molecule has 0 amide bonds. The van der Waals surface area contributed by atoms with E-state index in [-0.39, 0.29) is 24.0 Å². The average Bonchev–Trinajstić information content (AvgIpc) is 2.76. The minimum absolute atomic E-state index is 0. The predicted octanol–water partition coefficient (Wildman–Crippen LogP) is 3.24. The number of nitrogens with one attached hydrogen (secondary N) is 1. The second-order valence-electron chi connectivity index (χ2n) is 5.16. The van der Waals surface area contributed by atoms with Crippen molar-refractivity contribution in [1.29, 1.82) is 0 Å².